The highest BCUT2D eigenvalue weighted by atomic mass is 19.1. The molecule has 14 N–H and O–H groups in total. The SMILES string of the molecule is CCC(=O)NCCNC(=O)NC(N)=NCCC[C@@H](NC(=O)[C@H](c1ccc(OCCCNc2c(NCCCCCCNC(=O)CN3CCN(CC(=O)O)CCN(CC(=O)O)CCN(CC(=O)O)CC3)c(=O)c2=O)cc1)N1Cc2ccccc2C1)C(=O)NCc1c(F)cc(O)cc1F. The normalized spacial score (nSPS) is 15.2. The van der Waals surface area contributed by atoms with Crippen molar-refractivity contribution in [3.63, 3.8) is 0 Å². The van der Waals surface area contributed by atoms with E-state index in [1.807, 2.05) is 34.1 Å². The number of nitrogens with two attached hydrogens (primary N) is 1. The largest absolute Gasteiger partial charge is 0.508 e. The maximum absolute atomic E-state index is 14.8. The average Bonchev–Trinajstić information content (AvgIpc) is 0.853. The Hall–Kier alpha value is -9.37. The Bertz CT molecular complexity index is 3290. The first-order valence-electron chi connectivity index (χ1n) is 32.1. The predicted octanol–water partition coefficient (Wildman–Crippen LogP) is 0.490. The number of carboxylic acid groups (broad SMARTS) is 3. The van der Waals surface area contributed by atoms with Gasteiger partial charge in [-0.1, -0.05) is 56.2 Å². The fourth-order valence-corrected chi connectivity index (χ4v) is 10.9. The van der Waals surface area contributed by atoms with Crippen LogP contribution in [-0.4, -0.2) is 229 Å². The number of nitrogens with zero attached hydrogens (tertiary/aromatic N) is 6. The van der Waals surface area contributed by atoms with E-state index in [1.165, 1.54) is 0 Å². The van der Waals surface area contributed by atoms with Crippen molar-refractivity contribution in [2.24, 2.45) is 10.7 Å². The molecule has 96 heavy (non-hydrogen) atoms. The van der Waals surface area contributed by atoms with Gasteiger partial charge in [0.1, 0.15) is 46.6 Å². The minimum absolute atomic E-state index is 0.00471. The monoisotopic (exact) mass is 1350 g/mol. The molecule has 0 aromatic heterocycles. The van der Waals surface area contributed by atoms with Crippen LogP contribution in [0.15, 0.2) is 75.2 Å². The number of hydrogen-bond acceptors (Lipinski definition) is 20. The number of rotatable bonds is 37. The summed E-state index contributed by atoms with van der Waals surface area (Å²) >= 11 is 0. The highest BCUT2D eigenvalue weighted by Gasteiger charge is 2.35. The van der Waals surface area contributed by atoms with Crippen LogP contribution in [0.2, 0.25) is 0 Å². The molecule has 32 heteroatoms. The van der Waals surface area contributed by atoms with E-state index in [9.17, 15) is 77.2 Å². The van der Waals surface area contributed by atoms with Crippen molar-refractivity contribution >= 4 is 64.9 Å². The molecule has 6 amide bonds. The number of nitrogens with one attached hydrogen (secondary N) is 8. The Morgan fingerprint density at radius 3 is 1.64 bits per heavy atom. The first-order chi connectivity index (χ1) is 46.1. The van der Waals surface area contributed by atoms with E-state index in [1.54, 1.807) is 45.9 Å². The molecule has 2 aliphatic rings. The van der Waals surface area contributed by atoms with E-state index in [2.05, 4.69) is 47.5 Å². The van der Waals surface area contributed by atoms with Crippen molar-refractivity contribution in [3.05, 3.63) is 115 Å². The lowest BCUT2D eigenvalue weighted by atomic mass is 10.0. The van der Waals surface area contributed by atoms with Crippen LogP contribution in [0.1, 0.15) is 86.6 Å². The molecular formula is C64H89F2N15O15. The van der Waals surface area contributed by atoms with Crippen molar-refractivity contribution in [1.29, 1.82) is 0 Å². The number of unbranched alkanes of at least 4 members (excludes halogenated alkanes) is 3. The maximum atomic E-state index is 14.8. The number of carbonyl (C=O) groups excluding carboxylic acids is 5. The summed E-state index contributed by atoms with van der Waals surface area (Å²) in [5.41, 5.74) is 7.09. The number of carbonyl (C=O) groups is 8. The third-order valence-corrected chi connectivity index (χ3v) is 16.0. The van der Waals surface area contributed by atoms with Gasteiger partial charge in [-0.05, 0) is 60.9 Å². The molecule has 0 radical (unpaired) electrons. The Balaban J connectivity index is 0.958. The lowest BCUT2D eigenvalue weighted by molar-refractivity contribution is -0.140. The number of fused-ring (bicyclic) bond motifs is 1. The Morgan fingerprint density at radius 1 is 0.604 bits per heavy atom. The molecule has 0 aliphatic carbocycles. The summed E-state index contributed by atoms with van der Waals surface area (Å²) in [6, 6.07) is 13.1. The number of ether oxygens (including phenoxy) is 1. The predicted molar refractivity (Wildman–Crippen MR) is 351 cm³/mol. The summed E-state index contributed by atoms with van der Waals surface area (Å²) in [7, 11) is 0. The number of guanidine groups is 1. The van der Waals surface area contributed by atoms with E-state index < -0.39 is 88.2 Å². The number of urea groups is 1. The van der Waals surface area contributed by atoms with E-state index in [4.69, 9.17) is 10.5 Å². The van der Waals surface area contributed by atoms with Crippen LogP contribution in [0.25, 0.3) is 0 Å². The van der Waals surface area contributed by atoms with Gasteiger partial charge in [0.2, 0.25) is 23.6 Å². The van der Waals surface area contributed by atoms with Gasteiger partial charge in [0, 0.05) is 135 Å². The van der Waals surface area contributed by atoms with Gasteiger partial charge < -0.3 is 68.1 Å². The Kier molecular flexibility index (Phi) is 31.1. The molecule has 1 fully saturated rings. The summed E-state index contributed by atoms with van der Waals surface area (Å²) in [5.74, 6) is -7.50. The van der Waals surface area contributed by atoms with Crippen LogP contribution < -0.4 is 63.9 Å². The molecule has 2 heterocycles. The van der Waals surface area contributed by atoms with Crippen LogP contribution >= 0.6 is 0 Å². The smallest absolute Gasteiger partial charge is 0.321 e. The van der Waals surface area contributed by atoms with Crippen molar-refractivity contribution < 1.29 is 72.3 Å². The van der Waals surface area contributed by atoms with Gasteiger partial charge >= 0.3 is 23.9 Å². The molecule has 0 saturated carbocycles. The first-order valence-corrected chi connectivity index (χ1v) is 32.1. The van der Waals surface area contributed by atoms with Crippen molar-refractivity contribution in [2.45, 2.75) is 90.0 Å². The van der Waals surface area contributed by atoms with Crippen LogP contribution in [0.5, 0.6) is 11.5 Å². The second kappa shape index (κ2) is 39.5. The van der Waals surface area contributed by atoms with Gasteiger partial charge in [-0.15, -0.1) is 0 Å². The molecule has 0 spiro atoms. The number of hydrogen-bond donors (Lipinski definition) is 13. The number of benzene rings is 3. The van der Waals surface area contributed by atoms with Gasteiger partial charge in [0.25, 0.3) is 10.9 Å². The first kappa shape index (κ1) is 75.7. The third kappa shape index (κ3) is 25.7. The Labute approximate surface area is 554 Å². The minimum atomic E-state index is -1.27. The van der Waals surface area contributed by atoms with Gasteiger partial charge in [-0.25, -0.2) is 13.6 Å². The average molecular weight is 1350 g/mol. The van der Waals surface area contributed by atoms with Crippen molar-refractivity contribution in [3.8, 4) is 11.5 Å². The highest BCUT2D eigenvalue weighted by Crippen LogP contribution is 2.33. The molecule has 0 unspecified atom stereocenters. The van der Waals surface area contributed by atoms with E-state index in [0.29, 0.717) is 88.5 Å². The molecule has 30 nitrogen and oxygen atoms in total. The molecule has 2 atom stereocenters. The Morgan fingerprint density at radius 2 is 1.10 bits per heavy atom. The number of carboxylic acids is 3. The zero-order valence-corrected chi connectivity index (χ0v) is 53.9. The zero-order chi connectivity index (χ0) is 69.5. The minimum Gasteiger partial charge on any atom is -0.508 e. The van der Waals surface area contributed by atoms with Crippen molar-refractivity contribution in [2.75, 3.05) is 135 Å². The fraction of sp³-hybridized carbons (Fsp3) is 0.516. The molecule has 4 aromatic rings. The van der Waals surface area contributed by atoms with Gasteiger partial charge in [0.05, 0.1) is 32.8 Å². The van der Waals surface area contributed by atoms with E-state index in [-0.39, 0.29) is 140 Å². The number of halogens is 2. The number of aliphatic carboxylic acids is 3. The summed E-state index contributed by atoms with van der Waals surface area (Å²) < 4.78 is 35.5. The molecule has 2 aliphatic heterocycles. The van der Waals surface area contributed by atoms with Gasteiger partial charge in [-0.2, -0.15) is 0 Å². The van der Waals surface area contributed by atoms with E-state index >= 15 is 0 Å². The molecule has 4 aromatic carbocycles. The summed E-state index contributed by atoms with van der Waals surface area (Å²) in [5, 5.41) is 60.0. The second-order valence-electron chi connectivity index (χ2n) is 23.3. The molecule has 6 rings (SSSR count). The third-order valence-electron chi connectivity index (χ3n) is 16.0. The number of anilines is 2. The maximum Gasteiger partial charge on any atom is 0.321 e. The second-order valence-corrected chi connectivity index (χ2v) is 23.3. The number of phenolic OH excluding ortho intramolecular Hbond substituents is 1. The summed E-state index contributed by atoms with van der Waals surface area (Å²) in [4.78, 5) is 138. The van der Waals surface area contributed by atoms with Gasteiger partial charge in [0.15, 0.2) is 5.96 Å². The van der Waals surface area contributed by atoms with E-state index in [0.717, 1.165) is 24.0 Å². The topological polar surface area (TPSA) is 412 Å². The summed E-state index contributed by atoms with van der Waals surface area (Å²) in [6.45, 7) is 4.94. The number of aliphatic imine (C=N–C) groups is 1. The fourth-order valence-electron chi connectivity index (χ4n) is 10.9. The summed E-state index contributed by atoms with van der Waals surface area (Å²) in [6.07, 6.45) is 3.68. The quantitative estimate of drug-likeness (QED) is 0.0126. The molecule has 1 saturated heterocycles. The number of aromatic hydroxyl groups is 1. The van der Waals surface area contributed by atoms with Crippen LogP contribution in [0.3, 0.4) is 0 Å². The lowest BCUT2D eigenvalue weighted by Crippen LogP contribution is -2.50. The lowest BCUT2D eigenvalue weighted by Gasteiger charge is -2.32. The highest BCUT2D eigenvalue weighted by molar-refractivity contribution is 5.95. The van der Waals surface area contributed by atoms with Crippen LogP contribution in [-0.2, 0) is 53.2 Å². The van der Waals surface area contributed by atoms with Crippen molar-refractivity contribution in [1.82, 2.24) is 56.4 Å². The standard InChI is InChI=1S/C64H89F2N15O15/c1-2-51(83)69-22-23-73-64(95)76-63(67)72-20-9-13-50(61(93)74-35-47-48(65)33-45(82)34-49(47)66)75-62(94)58(81-36-43-11-5-6-12-44(43)37-81)42-14-16-46(17-15-42)96-32-10-21-71-57-56(59(91)60(57)92)70-19-8-4-3-7-18-68-52(84)38-77-24-26-78(39-53(85)86)28-30-80(41-55(89)90)31-29-79(27-25-77)40-54(87)88/h5-6,11-12,14-17,33-34,50,58,70-71,82H,2-4,7-10,13,18-32,35-41H2,1H3,(H,68,84)(H,69,83)(H,74,93)(H,75,94)(H,85,86)(H,87,88)(H,89,90)(H4,67,72,73,76,95)/t50-,58+/m1/s1. The molecule has 524 valence electrons. The van der Waals surface area contributed by atoms with Crippen LogP contribution in [0, 0.1) is 11.6 Å². The van der Waals surface area contributed by atoms with Gasteiger partial charge in [-0.3, -0.25) is 78.0 Å². The zero-order valence-electron chi connectivity index (χ0n) is 53.9. The number of phenols is 1. The van der Waals surface area contributed by atoms with Crippen LogP contribution in [0.4, 0.5) is 25.0 Å². The molecular weight excluding hydrogens is 1260 g/mol. The number of amides is 6. The molecule has 0 bridgehead atoms.